The molecule has 4 aromatic carbocycles. The Morgan fingerprint density at radius 3 is 1.96 bits per heavy atom. The molecule has 0 heterocycles. The van der Waals surface area contributed by atoms with Crippen LogP contribution in [0.4, 0.5) is 17.1 Å². The minimum Gasteiger partial charge on any atom is -0.256 e. The number of hydrogen-bond acceptors (Lipinski definition) is 3. The van der Waals surface area contributed by atoms with Crippen LogP contribution in [0.5, 0.6) is 0 Å². The number of fused-ring (bicyclic) bond motifs is 1. The van der Waals surface area contributed by atoms with Gasteiger partial charge in [-0.05, 0) is 42.0 Å². The van der Waals surface area contributed by atoms with Gasteiger partial charge in [-0.3, -0.25) is 4.99 Å². The smallest absolute Gasteiger partial charge is 0.0936 e. The number of nitrogens with zero attached hydrogens (tertiary/aromatic N) is 3. The van der Waals surface area contributed by atoms with Gasteiger partial charge < -0.3 is 0 Å². The number of azo groups is 1. The number of halogens is 1. The first-order chi connectivity index (χ1) is 13.3. The van der Waals surface area contributed by atoms with Crippen LogP contribution < -0.4 is 0 Å². The van der Waals surface area contributed by atoms with E-state index in [2.05, 4.69) is 15.2 Å². The second-order valence-electron chi connectivity index (χ2n) is 5.99. The highest BCUT2D eigenvalue weighted by atomic mass is 35.5. The van der Waals surface area contributed by atoms with Gasteiger partial charge in [-0.25, -0.2) is 0 Å². The lowest BCUT2D eigenvalue weighted by Crippen LogP contribution is -1.80. The predicted octanol–water partition coefficient (Wildman–Crippen LogP) is 7.66. The van der Waals surface area contributed by atoms with Gasteiger partial charge in [-0.15, -0.1) is 5.11 Å². The van der Waals surface area contributed by atoms with Crippen molar-refractivity contribution in [2.75, 3.05) is 0 Å². The standard InChI is InChI=1S/C23H16ClN3/c24-18-10-12-19(13-11-18)26-27-23-15-14-22(20-8-4-5-9-21(20)23)25-16-17-6-2-1-3-7-17/h1-16H. The summed E-state index contributed by atoms with van der Waals surface area (Å²) >= 11 is 5.91. The highest BCUT2D eigenvalue weighted by Gasteiger charge is 2.04. The highest BCUT2D eigenvalue weighted by Crippen LogP contribution is 2.34. The molecule has 0 saturated heterocycles. The Hall–Kier alpha value is -3.30. The summed E-state index contributed by atoms with van der Waals surface area (Å²) in [6.45, 7) is 0. The van der Waals surface area contributed by atoms with E-state index in [0.717, 1.165) is 33.4 Å². The Bertz CT molecular complexity index is 1120. The van der Waals surface area contributed by atoms with E-state index in [1.165, 1.54) is 0 Å². The molecule has 4 rings (SSSR count). The zero-order valence-electron chi connectivity index (χ0n) is 14.5. The quantitative estimate of drug-likeness (QED) is 0.261. The molecule has 0 aliphatic heterocycles. The average molecular weight is 370 g/mol. The fourth-order valence-corrected chi connectivity index (χ4v) is 2.90. The molecule has 0 spiro atoms. The van der Waals surface area contributed by atoms with Crippen molar-refractivity contribution in [3.63, 3.8) is 0 Å². The molecule has 0 bridgehead atoms. The lowest BCUT2D eigenvalue weighted by atomic mass is 10.1. The fourth-order valence-electron chi connectivity index (χ4n) is 2.77. The van der Waals surface area contributed by atoms with Crippen LogP contribution in [0.15, 0.2) is 106 Å². The maximum absolute atomic E-state index is 5.91. The molecule has 3 nitrogen and oxygen atoms in total. The molecule has 0 fully saturated rings. The zero-order valence-corrected chi connectivity index (χ0v) is 15.2. The maximum Gasteiger partial charge on any atom is 0.0936 e. The minimum absolute atomic E-state index is 0.681. The normalized spacial score (nSPS) is 11.6. The van der Waals surface area contributed by atoms with Gasteiger partial charge in [0.05, 0.1) is 17.1 Å². The second-order valence-corrected chi connectivity index (χ2v) is 6.43. The van der Waals surface area contributed by atoms with Crippen molar-refractivity contribution in [3.8, 4) is 0 Å². The molecule has 27 heavy (non-hydrogen) atoms. The van der Waals surface area contributed by atoms with Crippen LogP contribution in [-0.4, -0.2) is 6.21 Å². The van der Waals surface area contributed by atoms with Gasteiger partial charge in [0.1, 0.15) is 0 Å². The van der Waals surface area contributed by atoms with Crippen molar-refractivity contribution in [2.24, 2.45) is 15.2 Å². The van der Waals surface area contributed by atoms with E-state index in [0.29, 0.717) is 5.02 Å². The van der Waals surface area contributed by atoms with E-state index in [1.807, 2.05) is 85.1 Å². The maximum atomic E-state index is 5.91. The average Bonchev–Trinajstić information content (AvgIpc) is 2.73. The molecule has 0 aromatic heterocycles. The first-order valence-electron chi connectivity index (χ1n) is 8.58. The SMILES string of the molecule is Clc1ccc(N=Nc2ccc(N=Cc3ccccc3)c3ccccc23)cc1. The molecule has 0 aliphatic carbocycles. The van der Waals surface area contributed by atoms with Crippen LogP contribution >= 0.6 is 11.6 Å². The minimum atomic E-state index is 0.681. The van der Waals surface area contributed by atoms with E-state index in [-0.39, 0.29) is 0 Å². The van der Waals surface area contributed by atoms with Gasteiger partial charge in [-0.1, -0.05) is 66.2 Å². The van der Waals surface area contributed by atoms with E-state index < -0.39 is 0 Å². The third-order valence-corrected chi connectivity index (χ3v) is 4.38. The van der Waals surface area contributed by atoms with Crippen molar-refractivity contribution in [2.45, 2.75) is 0 Å². The Labute approximate surface area is 162 Å². The van der Waals surface area contributed by atoms with Gasteiger partial charge in [0.15, 0.2) is 0 Å². The van der Waals surface area contributed by atoms with Gasteiger partial charge in [0.25, 0.3) is 0 Å². The van der Waals surface area contributed by atoms with Crippen LogP contribution in [0.2, 0.25) is 5.02 Å². The van der Waals surface area contributed by atoms with Crippen molar-refractivity contribution < 1.29 is 0 Å². The van der Waals surface area contributed by atoms with Crippen LogP contribution in [0.3, 0.4) is 0 Å². The first-order valence-corrected chi connectivity index (χ1v) is 8.95. The van der Waals surface area contributed by atoms with Gasteiger partial charge in [0, 0.05) is 22.0 Å². The summed E-state index contributed by atoms with van der Waals surface area (Å²) in [4.78, 5) is 4.66. The second kappa shape index (κ2) is 7.94. The molecule has 0 aliphatic rings. The van der Waals surface area contributed by atoms with Crippen molar-refractivity contribution in [1.82, 2.24) is 0 Å². The van der Waals surface area contributed by atoms with Crippen molar-refractivity contribution in [1.29, 1.82) is 0 Å². The Balaban J connectivity index is 1.70. The summed E-state index contributed by atoms with van der Waals surface area (Å²) in [6, 6.07) is 29.3. The van der Waals surface area contributed by atoms with E-state index >= 15 is 0 Å². The molecular formula is C23H16ClN3. The van der Waals surface area contributed by atoms with Crippen LogP contribution in [0.25, 0.3) is 10.8 Å². The lowest BCUT2D eigenvalue weighted by molar-refractivity contribution is 1.24. The molecule has 130 valence electrons. The van der Waals surface area contributed by atoms with E-state index in [4.69, 9.17) is 11.6 Å². The molecule has 0 unspecified atom stereocenters. The largest absolute Gasteiger partial charge is 0.256 e. The monoisotopic (exact) mass is 369 g/mol. The molecule has 0 saturated carbocycles. The summed E-state index contributed by atoms with van der Waals surface area (Å²) < 4.78 is 0. The first kappa shape index (κ1) is 17.1. The number of hydrogen-bond donors (Lipinski definition) is 0. The van der Waals surface area contributed by atoms with Gasteiger partial charge in [-0.2, -0.15) is 5.11 Å². The number of aliphatic imine (C=N–C) groups is 1. The van der Waals surface area contributed by atoms with Crippen molar-refractivity contribution in [3.05, 3.63) is 102 Å². The summed E-state index contributed by atoms with van der Waals surface area (Å²) in [5, 5.41) is 11.5. The third-order valence-electron chi connectivity index (χ3n) is 4.13. The topological polar surface area (TPSA) is 37.1 Å². The number of rotatable bonds is 4. The third kappa shape index (κ3) is 4.10. The molecule has 4 aromatic rings. The summed E-state index contributed by atoms with van der Waals surface area (Å²) in [5.74, 6) is 0. The summed E-state index contributed by atoms with van der Waals surface area (Å²) in [5.41, 5.74) is 3.53. The zero-order chi connectivity index (χ0) is 18.5. The lowest BCUT2D eigenvalue weighted by Gasteiger charge is -2.05. The van der Waals surface area contributed by atoms with E-state index in [9.17, 15) is 0 Å². The Kier molecular flexibility index (Phi) is 5.04. The molecular weight excluding hydrogens is 354 g/mol. The Morgan fingerprint density at radius 1 is 0.593 bits per heavy atom. The summed E-state index contributed by atoms with van der Waals surface area (Å²) in [6.07, 6.45) is 1.87. The van der Waals surface area contributed by atoms with Gasteiger partial charge in [0.2, 0.25) is 0 Å². The van der Waals surface area contributed by atoms with Crippen LogP contribution in [0.1, 0.15) is 5.56 Å². The fraction of sp³-hybridized carbons (Fsp3) is 0. The molecule has 0 atom stereocenters. The Morgan fingerprint density at radius 2 is 1.22 bits per heavy atom. The highest BCUT2D eigenvalue weighted by molar-refractivity contribution is 6.30. The molecule has 4 heteroatoms. The predicted molar refractivity (Wildman–Crippen MR) is 113 cm³/mol. The van der Waals surface area contributed by atoms with E-state index in [1.54, 1.807) is 12.1 Å². The van der Waals surface area contributed by atoms with Crippen LogP contribution in [0, 0.1) is 0 Å². The molecule has 0 amide bonds. The molecule has 0 radical (unpaired) electrons. The number of benzene rings is 4. The summed E-state index contributed by atoms with van der Waals surface area (Å²) in [7, 11) is 0. The molecule has 0 N–H and O–H groups in total. The van der Waals surface area contributed by atoms with Gasteiger partial charge >= 0.3 is 0 Å². The van der Waals surface area contributed by atoms with Crippen LogP contribution in [-0.2, 0) is 0 Å². The van der Waals surface area contributed by atoms with Crippen molar-refractivity contribution >= 4 is 45.7 Å².